The van der Waals surface area contributed by atoms with Crippen LogP contribution in [-0.4, -0.2) is 6.54 Å². The van der Waals surface area contributed by atoms with E-state index in [4.69, 9.17) is 0 Å². The maximum absolute atomic E-state index is 3.64. The van der Waals surface area contributed by atoms with Crippen LogP contribution in [-0.2, 0) is 0 Å². The number of thiophene rings is 1. The van der Waals surface area contributed by atoms with E-state index in [1.54, 1.807) is 0 Å². The highest BCUT2D eigenvalue weighted by Gasteiger charge is 2.22. The second-order valence-electron chi connectivity index (χ2n) is 5.69. The van der Waals surface area contributed by atoms with Gasteiger partial charge in [-0.3, -0.25) is 0 Å². The summed E-state index contributed by atoms with van der Waals surface area (Å²) in [7, 11) is 0. The first-order valence-corrected chi connectivity index (χ1v) is 6.94. The van der Waals surface area contributed by atoms with Gasteiger partial charge in [-0.05, 0) is 37.3 Å². The Labute approximate surface area is 104 Å². The SMILES string of the molecule is Cc1ccc(C(C)NCC(C)(C)C(C)C)s1. The zero-order chi connectivity index (χ0) is 12.3. The van der Waals surface area contributed by atoms with Gasteiger partial charge in [-0.1, -0.05) is 27.7 Å². The van der Waals surface area contributed by atoms with Gasteiger partial charge in [0.05, 0.1) is 0 Å². The molecule has 1 N–H and O–H groups in total. The summed E-state index contributed by atoms with van der Waals surface area (Å²) in [5.41, 5.74) is 0.362. The van der Waals surface area contributed by atoms with Crippen molar-refractivity contribution in [3.8, 4) is 0 Å². The van der Waals surface area contributed by atoms with Crippen molar-refractivity contribution < 1.29 is 0 Å². The van der Waals surface area contributed by atoms with Crippen molar-refractivity contribution in [1.82, 2.24) is 5.32 Å². The molecule has 16 heavy (non-hydrogen) atoms. The molecule has 1 nitrogen and oxygen atoms in total. The lowest BCUT2D eigenvalue weighted by Gasteiger charge is -2.31. The first-order valence-electron chi connectivity index (χ1n) is 6.12. The van der Waals surface area contributed by atoms with Crippen LogP contribution in [0.2, 0.25) is 0 Å². The van der Waals surface area contributed by atoms with E-state index in [2.05, 4.69) is 59.0 Å². The van der Waals surface area contributed by atoms with Gasteiger partial charge in [-0.25, -0.2) is 0 Å². The third kappa shape index (κ3) is 3.60. The molecule has 0 saturated carbocycles. The Morgan fingerprint density at radius 3 is 2.31 bits per heavy atom. The molecule has 0 spiro atoms. The number of hydrogen-bond donors (Lipinski definition) is 1. The molecule has 1 atom stereocenters. The quantitative estimate of drug-likeness (QED) is 0.803. The summed E-state index contributed by atoms with van der Waals surface area (Å²) in [6.45, 7) is 14.7. The zero-order valence-electron chi connectivity index (χ0n) is 11.4. The molecule has 2 heteroatoms. The molecule has 0 radical (unpaired) electrons. The van der Waals surface area contributed by atoms with E-state index < -0.39 is 0 Å². The predicted molar refractivity (Wildman–Crippen MR) is 74.1 cm³/mol. The molecule has 0 saturated heterocycles. The van der Waals surface area contributed by atoms with Gasteiger partial charge in [0, 0.05) is 22.3 Å². The summed E-state index contributed by atoms with van der Waals surface area (Å²) in [5.74, 6) is 0.706. The number of aryl methyl sites for hydroxylation is 1. The zero-order valence-corrected chi connectivity index (χ0v) is 12.2. The predicted octanol–water partition coefficient (Wildman–Crippen LogP) is 4.39. The molecular weight excluding hydrogens is 214 g/mol. The molecule has 0 bridgehead atoms. The normalized spacial score (nSPS) is 14.4. The second-order valence-corrected chi connectivity index (χ2v) is 7.01. The maximum Gasteiger partial charge on any atom is 0.0386 e. The first-order chi connectivity index (χ1) is 7.33. The molecule has 1 aromatic heterocycles. The average Bonchev–Trinajstić information content (AvgIpc) is 2.61. The van der Waals surface area contributed by atoms with Gasteiger partial charge < -0.3 is 5.32 Å². The van der Waals surface area contributed by atoms with Crippen LogP contribution in [0.25, 0.3) is 0 Å². The van der Waals surface area contributed by atoms with Crippen LogP contribution in [0.4, 0.5) is 0 Å². The summed E-state index contributed by atoms with van der Waals surface area (Å²) in [6.07, 6.45) is 0. The standard InChI is InChI=1S/C14H25NS/c1-10(2)14(5,6)9-15-12(4)13-8-7-11(3)16-13/h7-8,10,12,15H,9H2,1-6H3. The molecule has 0 aliphatic carbocycles. The lowest BCUT2D eigenvalue weighted by molar-refractivity contribution is 0.231. The van der Waals surface area contributed by atoms with Crippen molar-refractivity contribution in [1.29, 1.82) is 0 Å². The van der Waals surface area contributed by atoms with Gasteiger partial charge in [-0.15, -0.1) is 11.3 Å². The fraction of sp³-hybridized carbons (Fsp3) is 0.714. The average molecular weight is 239 g/mol. The van der Waals surface area contributed by atoms with Crippen molar-refractivity contribution in [3.63, 3.8) is 0 Å². The van der Waals surface area contributed by atoms with Gasteiger partial charge in [0.2, 0.25) is 0 Å². The highest BCUT2D eigenvalue weighted by atomic mass is 32.1. The van der Waals surface area contributed by atoms with Gasteiger partial charge in [-0.2, -0.15) is 0 Å². The van der Waals surface area contributed by atoms with E-state index in [-0.39, 0.29) is 0 Å². The Morgan fingerprint density at radius 1 is 1.25 bits per heavy atom. The molecule has 1 aromatic rings. The third-order valence-corrected chi connectivity index (χ3v) is 4.80. The topological polar surface area (TPSA) is 12.0 Å². The van der Waals surface area contributed by atoms with Gasteiger partial charge in [0.25, 0.3) is 0 Å². The summed E-state index contributed by atoms with van der Waals surface area (Å²) in [6, 6.07) is 4.91. The lowest BCUT2D eigenvalue weighted by atomic mass is 9.81. The molecule has 1 rings (SSSR count). The molecule has 0 aromatic carbocycles. The maximum atomic E-state index is 3.64. The molecule has 0 fully saturated rings. The largest absolute Gasteiger partial charge is 0.309 e. The monoisotopic (exact) mass is 239 g/mol. The van der Waals surface area contributed by atoms with Crippen LogP contribution in [0, 0.1) is 18.3 Å². The fourth-order valence-corrected chi connectivity index (χ4v) is 2.31. The Kier molecular flexibility index (Phi) is 4.57. The minimum atomic E-state index is 0.362. The fourth-order valence-electron chi connectivity index (χ4n) is 1.41. The molecule has 92 valence electrons. The highest BCUT2D eigenvalue weighted by molar-refractivity contribution is 7.12. The molecule has 1 unspecified atom stereocenters. The van der Waals surface area contributed by atoms with Crippen molar-refractivity contribution in [2.45, 2.75) is 47.6 Å². The summed E-state index contributed by atoms with van der Waals surface area (Å²) < 4.78 is 0. The van der Waals surface area contributed by atoms with Crippen LogP contribution >= 0.6 is 11.3 Å². The van der Waals surface area contributed by atoms with Gasteiger partial charge >= 0.3 is 0 Å². The summed E-state index contributed by atoms with van der Waals surface area (Å²) in [4.78, 5) is 2.84. The minimum Gasteiger partial charge on any atom is -0.309 e. The smallest absolute Gasteiger partial charge is 0.0386 e. The van der Waals surface area contributed by atoms with Crippen molar-refractivity contribution >= 4 is 11.3 Å². The highest BCUT2D eigenvalue weighted by Crippen LogP contribution is 2.27. The Hall–Kier alpha value is -0.340. The second kappa shape index (κ2) is 5.33. The third-order valence-electron chi connectivity index (χ3n) is 3.61. The van der Waals surface area contributed by atoms with Gasteiger partial charge in [0.15, 0.2) is 0 Å². The minimum absolute atomic E-state index is 0.362. The first kappa shape index (κ1) is 13.7. The Morgan fingerprint density at radius 2 is 1.88 bits per heavy atom. The molecule has 1 heterocycles. The Balaban J connectivity index is 2.50. The van der Waals surface area contributed by atoms with Crippen LogP contribution in [0.5, 0.6) is 0 Å². The number of nitrogens with one attached hydrogen (secondary N) is 1. The Bertz CT molecular complexity index is 325. The molecule has 0 amide bonds. The van der Waals surface area contributed by atoms with E-state index in [9.17, 15) is 0 Å². The summed E-state index contributed by atoms with van der Waals surface area (Å²) >= 11 is 1.89. The van der Waals surface area contributed by atoms with E-state index >= 15 is 0 Å². The van der Waals surface area contributed by atoms with Crippen LogP contribution in [0.3, 0.4) is 0 Å². The van der Waals surface area contributed by atoms with E-state index in [0.717, 1.165) is 6.54 Å². The number of rotatable bonds is 5. The van der Waals surface area contributed by atoms with E-state index in [0.29, 0.717) is 17.4 Å². The molecular formula is C14H25NS. The van der Waals surface area contributed by atoms with E-state index in [1.165, 1.54) is 9.75 Å². The van der Waals surface area contributed by atoms with Gasteiger partial charge in [0.1, 0.15) is 0 Å². The van der Waals surface area contributed by atoms with Crippen molar-refractivity contribution in [3.05, 3.63) is 21.9 Å². The lowest BCUT2D eigenvalue weighted by Crippen LogP contribution is -2.34. The van der Waals surface area contributed by atoms with Crippen molar-refractivity contribution in [2.75, 3.05) is 6.54 Å². The number of hydrogen-bond acceptors (Lipinski definition) is 2. The molecule has 0 aliphatic rings. The van der Waals surface area contributed by atoms with Crippen LogP contribution in [0.1, 0.15) is 50.4 Å². The van der Waals surface area contributed by atoms with E-state index in [1.807, 2.05) is 11.3 Å². The van der Waals surface area contributed by atoms with Crippen LogP contribution < -0.4 is 5.32 Å². The summed E-state index contributed by atoms with van der Waals surface area (Å²) in [5, 5.41) is 3.64. The molecule has 0 aliphatic heterocycles. The van der Waals surface area contributed by atoms with Crippen LogP contribution in [0.15, 0.2) is 12.1 Å². The van der Waals surface area contributed by atoms with Crippen molar-refractivity contribution in [2.24, 2.45) is 11.3 Å².